The van der Waals surface area contributed by atoms with E-state index < -0.39 is 6.43 Å². The SMILES string of the molecule is F.FC(F)(F)F. The van der Waals surface area contributed by atoms with Gasteiger partial charge in [-0.25, -0.2) is 0 Å². The summed E-state index contributed by atoms with van der Waals surface area (Å²) in [6.07, 6.45) is -5.50. The van der Waals surface area contributed by atoms with E-state index in [1.807, 2.05) is 0 Å². The molecule has 0 aliphatic rings. The molecule has 0 heterocycles. The first kappa shape index (κ1) is 9.17. The van der Waals surface area contributed by atoms with Crippen molar-refractivity contribution in [1.82, 2.24) is 0 Å². The van der Waals surface area contributed by atoms with Crippen LogP contribution in [0.25, 0.3) is 0 Å². The fourth-order valence-corrected chi connectivity index (χ4v) is 0. The molecule has 0 aromatic heterocycles. The first-order chi connectivity index (χ1) is 2.00. The maximum atomic E-state index is 9.69. The maximum absolute atomic E-state index is 9.69. The molecular weight excluding hydrogens is 107 g/mol. The predicted molar refractivity (Wildman–Crippen MR) is 9.67 cm³/mol. The van der Waals surface area contributed by atoms with Gasteiger partial charge in [-0.2, -0.15) is 0 Å². The highest BCUT2D eigenvalue weighted by Gasteiger charge is 2.24. The van der Waals surface area contributed by atoms with Crippen LogP contribution in [-0.2, 0) is 0 Å². The molecule has 0 aromatic rings. The minimum absolute atomic E-state index is 0. The zero-order chi connectivity index (χ0) is 4.50. The molecule has 0 spiro atoms. The van der Waals surface area contributed by atoms with Crippen molar-refractivity contribution in [2.45, 2.75) is 6.43 Å². The average Bonchev–Trinajstić information content (AvgIpc) is 0.722. The van der Waals surface area contributed by atoms with Crippen LogP contribution in [0.1, 0.15) is 0 Å². The lowest BCUT2D eigenvalue weighted by atomic mass is 11.5. The van der Waals surface area contributed by atoms with Gasteiger partial charge < -0.3 is 0 Å². The van der Waals surface area contributed by atoms with E-state index in [9.17, 15) is 17.6 Å². The summed E-state index contributed by atoms with van der Waals surface area (Å²) < 4.78 is 38.8. The molecule has 40 valence electrons. The van der Waals surface area contributed by atoms with Gasteiger partial charge >= 0.3 is 6.43 Å². The van der Waals surface area contributed by atoms with Gasteiger partial charge in [-0.3, -0.25) is 4.70 Å². The first-order valence-corrected chi connectivity index (χ1v) is 0.756. The minimum atomic E-state index is -5.50. The van der Waals surface area contributed by atoms with E-state index in [2.05, 4.69) is 0 Å². The second-order valence-electron chi connectivity index (χ2n) is 0.429. The zero-order valence-corrected chi connectivity index (χ0v) is 2.42. The summed E-state index contributed by atoms with van der Waals surface area (Å²) in [4.78, 5) is 0. The second kappa shape index (κ2) is 1.94. The van der Waals surface area contributed by atoms with E-state index in [4.69, 9.17) is 0 Å². The van der Waals surface area contributed by atoms with Gasteiger partial charge in [-0.05, 0) is 0 Å². The van der Waals surface area contributed by atoms with Crippen LogP contribution in [0.4, 0.5) is 22.3 Å². The molecule has 0 saturated heterocycles. The third-order valence-corrected chi connectivity index (χ3v) is 0. The molecule has 0 amide bonds. The Labute approximate surface area is 30.1 Å². The van der Waals surface area contributed by atoms with Crippen LogP contribution >= 0.6 is 0 Å². The van der Waals surface area contributed by atoms with Crippen LogP contribution in [0.5, 0.6) is 0 Å². The molecule has 0 N–H and O–H groups in total. The predicted octanol–water partition coefficient (Wildman–Crippen LogP) is 1.63. The highest BCUT2D eigenvalue weighted by Crippen LogP contribution is 2.13. The molecule has 0 aromatic carbocycles. The lowest BCUT2D eigenvalue weighted by Gasteiger charge is -1.82. The number of hydrogen-bond donors (Lipinski definition) is 0. The van der Waals surface area contributed by atoms with Crippen LogP contribution in [-0.4, -0.2) is 6.43 Å². The second-order valence-corrected chi connectivity index (χ2v) is 0.429. The van der Waals surface area contributed by atoms with Crippen LogP contribution in [0.3, 0.4) is 0 Å². The van der Waals surface area contributed by atoms with Gasteiger partial charge in [0, 0.05) is 0 Å². The summed E-state index contributed by atoms with van der Waals surface area (Å²) >= 11 is 0. The summed E-state index contributed by atoms with van der Waals surface area (Å²) in [6, 6.07) is 0. The van der Waals surface area contributed by atoms with Crippen molar-refractivity contribution in [3.05, 3.63) is 0 Å². The smallest absolute Gasteiger partial charge is 0.269 e. The van der Waals surface area contributed by atoms with Gasteiger partial charge in [0.1, 0.15) is 0 Å². The quantitative estimate of drug-likeness (QED) is 0.413. The first-order valence-electron chi connectivity index (χ1n) is 0.756. The van der Waals surface area contributed by atoms with E-state index in [1.165, 1.54) is 0 Å². The van der Waals surface area contributed by atoms with Gasteiger partial charge in [-0.1, -0.05) is 0 Å². The van der Waals surface area contributed by atoms with E-state index in [0.717, 1.165) is 0 Å². The lowest BCUT2D eigenvalue weighted by molar-refractivity contribution is -0.237. The molecule has 0 atom stereocenters. The fraction of sp³-hybridized carbons (Fsp3) is 1.00. The molecule has 0 aliphatic heterocycles. The molecule has 0 unspecified atom stereocenters. The summed E-state index contributed by atoms with van der Waals surface area (Å²) in [7, 11) is 0. The van der Waals surface area contributed by atoms with Crippen molar-refractivity contribution in [3.8, 4) is 0 Å². The summed E-state index contributed by atoms with van der Waals surface area (Å²) in [5.74, 6) is 0. The number of alkyl halides is 4. The van der Waals surface area contributed by atoms with E-state index in [0.29, 0.717) is 0 Å². The largest absolute Gasteiger partial charge is 0.559 e. The molecule has 5 heteroatoms. The maximum Gasteiger partial charge on any atom is 0.559 e. The van der Waals surface area contributed by atoms with Crippen LogP contribution < -0.4 is 0 Å². The van der Waals surface area contributed by atoms with Gasteiger partial charge in [0.2, 0.25) is 0 Å². The van der Waals surface area contributed by atoms with E-state index in [-0.39, 0.29) is 4.70 Å². The Hall–Kier alpha value is -0.350. The van der Waals surface area contributed by atoms with Crippen LogP contribution in [0.2, 0.25) is 0 Å². The molecule has 0 nitrogen and oxygen atoms in total. The zero-order valence-electron chi connectivity index (χ0n) is 2.42. The molecule has 0 radical (unpaired) electrons. The van der Waals surface area contributed by atoms with Crippen molar-refractivity contribution >= 4 is 0 Å². The Morgan fingerprint density at radius 1 is 0.833 bits per heavy atom. The monoisotopic (exact) mass is 108 g/mol. The number of rotatable bonds is 0. The van der Waals surface area contributed by atoms with Gasteiger partial charge in [0.25, 0.3) is 0 Å². The van der Waals surface area contributed by atoms with E-state index >= 15 is 0 Å². The fourth-order valence-electron chi connectivity index (χ4n) is 0. The highest BCUT2D eigenvalue weighted by molar-refractivity contribution is 4.08. The molecule has 6 heavy (non-hydrogen) atoms. The summed E-state index contributed by atoms with van der Waals surface area (Å²) in [5.41, 5.74) is 0. The molecule has 0 aliphatic carbocycles. The van der Waals surface area contributed by atoms with Crippen molar-refractivity contribution in [2.75, 3.05) is 0 Å². The van der Waals surface area contributed by atoms with Crippen LogP contribution in [0, 0.1) is 0 Å². The third-order valence-electron chi connectivity index (χ3n) is 0. The lowest BCUT2D eigenvalue weighted by Crippen LogP contribution is -1.92. The Bertz CT molecular complexity index is 19.4. The van der Waals surface area contributed by atoms with Gasteiger partial charge in [-0.15, -0.1) is 17.6 Å². The van der Waals surface area contributed by atoms with E-state index in [1.54, 1.807) is 0 Å². The standard InChI is InChI=1S/CF4.FH/c2-1(3,4)5;/h;1H. The van der Waals surface area contributed by atoms with Crippen molar-refractivity contribution in [2.24, 2.45) is 0 Å². The highest BCUT2D eigenvalue weighted by atomic mass is 19.5. The normalized spacial score (nSPS) is 10.0. The Morgan fingerprint density at radius 2 is 0.833 bits per heavy atom. The minimum Gasteiger partial charge on any atom is -0.269 e. The van der Waals surface area contributed by atoms with Crippen molar-refractivity contribution in [3.63, 3.8) is 0 Å². The average molecular weight is 108 g/mol. The van der Waals surface area contributed by atoms with Crippen LogP contribution in [0.15, 0.2) is 0 Å². The summed E-state index contributed by atoms with van der Waals surface area (Å²) in [5, 5.41) is 0. The summed E-state index contributed by atoms with van der Waals surface area (Å²) in [6.45, 7) is 0. The number of halogens is 5. The molecule has 0 rings (SSSR count). The Kier molecular flexibility index (Phi) is 2.97. The Morgan fingerprint density at radius 3 is 0.833 bits per heavy atom. The van der Waals surface area contributed by atoms with Crippen molar-refractivity contribution in [1.29, 1.82) is 0 Å². The Balaban J connectivity index is 0. The van der Waals surface area contributed by atoms with Gasteiger partial charge in [0.15, 0.2) is 0 Å². The molecule has 0 fully saturated rings. The number of hydrogen-bond acceptors (Lipinski definition) is 0. The topological polar surface area (TPSA) is 0 Å². The third kappa shape index (κ3) is 209. The molecular formula is CHF5. The molecule has 0 bridgehead atoms. The molecule has 0 saturated carbocycles. The van der Waals surface area contributed by atoms with Crippen molar-refractivity contribution < 1.29 is 22.3 Å². The van der Waals surface area contributed by atoms with Gasteiger partial charge in [0.05, 0.1) is 0 Å².